The third kappa shape index (κ3) is 3.20. The molecule has 0 saturated carbocycles. The molecule has 1 aromatic heterocycles. The standard InChI is InChI=1S/C19H18N2O3/c1-11(2)13-5-3-4-12(8-13)9-17-20-16-10-14(19(23)24)6-7-15(16)18(22)21-17/h3-8,10-11H,9H2,1-2H3,(H,23,24)(H,20,21,22). The van der Waals surface area contributed by atoms with Gasteiger partial charge >= 0.3 is 5.97 Å². The second kappa shape index (κ2) is 6.28. The maximum atomic E-state index is 12.2. The van der Waals surface area contributed by atoms with Crippen molar-refractivity contribution in [1.82, 2.24) is 9.97 Å². The van der Waals surface area contributed by atoms with E-state index in [4.69, 9.17) is 5.11 Å². The molecule has 5 heteroatoms. The molecule has 0 unspecified atom stereocenters. The van der Waals surface area contributed by atoms with Crippen LogP contribution in [-0.2, 0) is 6.42 Å². The second-order valence-electron chi connectivity index (χ2n) is 6.13. The lowest BCUT2D eigenvalue weighted by Crippen LogP contribution is -2.13. The van der Waals surface area contributed by atoms with E-state index < -0.39 is 5.97 Å². The number of hydrogen-bond acceptors (Lipinski definition) is 3. The van der Waals surface area contributed by atoms with Crippen LogP contribution in [0.4, 0.5) is 0 Å². The van der Waals surface area contributed by atoms with Crippen molar-refractivity contribution < 1.29 is 9.90 Å². The summed E-state index contributed by atoms with van der Waals surface area (Å²) >= 11 is 0. The van der Waals surface area contributed by atoms with Crippen LogP contribution in [0.2, 0.25) is 0 Å². The maximum Gasteiger partial charge on any atom is 0.335 e. The van der Waals surface area contributed by atoms with E-state index >= 15 is 0 Å². The Bertz CT molecular complexity index is 974. The van der Waals surface area contributed by atoms with Gasteiger partial charge in [0, 0.05) is 6.42 Å². The normalized spacial score (nSPS) is 11.1. The summed E-state index contributed by atoms with van der Waals surface area (Å²) in [6.45, 7) is 4.26. The number of aromatic amines is 1. The Morgan fingerprint density at radius 2 is 2.00 bits per heavy atom. The van der Waals surface area contributed by atoms with Crippen LogP contribution < -0.4 is 5.56 Å². The van der Waals surface area contributed by atoms with Gasteiger partial charge in [0.25, 0.3) is 5.56 Å². The number of aromatic carboxylic acids is 1. The van der Waals surface area contributed by atoms with E-state index in [0.29, 0.717) is 29.1 Å². The summed E-state index contributed by atoms with van der Waals surface area (Å²) < 4.78 is 0. The molecule has 24 heavy (non-hydrogen) atoms. The van der Waals surface area contributed by atoms with Gasteiger partial charge in [0.1, 0.15) is 5.82 Å². The molecule has 0 bridgehead atoms. The molecule has 0 radical (unpaired) electrons. The molecule has 0 aliphatic heterocycles. The Hall–Kier alpha value is -2.95. The van der Waals surface area contributed by atoms with Crippen LogP contribution in [-0.4, -0.2) is 21.0 Å². The van der Waals surface area contributed by atoms with Gasteiger partial charge in [0.15, 0.2) is 0 Å². The fraction of sp³-hybridized carbons (Fsp3) is 0.211. The van der Waals surface area contributed by atoms with E-state index in [0.717, 1.165) is 5.56 Å². The van der Waals surface area contributed by atoms with Crippen LogP contribution in [0.1, 0.15) is 47.1 Å². The van der Waals surface area contributed by atoms with Gasteiger partial charge in [-0.05, 0) is 35.2 Å². The average molecular weight is 322 g/mol. The predicted octanol–water partition coefficient (Wildman–Crippen LogP) is 3.34. The van der Waals surface area contributed by atoms with Gasteiger partial charge in [0.05, 0.1) is 16.5 Å². The summed E-state index contributed by atoms with van der Waals surface area (Å²) in [5.74, 6) is -0.0900. The Morgan fingerprint density at radius 1 is 1.21 bits per heavy atom. The van der Waals surface area contributed by atoms with Crippen molar-refractivity contribution in [3.8, 4) is 0 Å². The van der Waals surface area contributed by atoms with Gasteiger partial charge in [-0.15, -0.1) is 0 Å². The number of nitrogens with zero attached hydrogens (tertiary/aromatic N) is 1. The molecule has 0 fully saturated rings. The molecule has 3 aromatic rings. The molecule has 0 saturated heterocycles. The number of fused-ring (bicyclic) bond motifs is 1. The molecule has 2 aromatic carbocycles. The maximum absolute atomic E-state index is 12.2. The topological polar surface area (TPSA) is 83.0 Å². The van der Waals surface area contributed by atoms with Crippen LogP contribution in [0.25, 0.3) is 10.9 Å². The van der Waals surface area contributed by atoms with Crippen molar-refractivity contribution in [2.45, 2.75) is 26.2 Å². The highest BCUT2D eigenvalue weighted by Gasteiger charge is 2.09. The number of carboxylic acid groups (broad SMARTS) is 1. The van der Waals surface area contributed by atoms with Crippen LogP contribution in [0, 0.1) is 0 Å². The molecule has 0 atom stereocenters. The first-order chi connectivity index (χ1) is 11.4. The molecule has 2 N–H and O–H groups in total. The number of carbonyl (C=O) groups is 1. The molecule has 122 valence electrons. The highest BCUT2D eigenvalue weighted by atomic mass is 16.4. The zero-order valence-corrected chi connectivity index (χ0v) is 13.5. The summed E-state index contributed by atoms with van der Waals surface area (Å²) in [5.41, 5.74) is 2.54. The van der Waals surface area contributed by atoms with Gasteiger partial charge < -0.3 is 10.1 Å². The van der Waals surface area contributed by atoms with Crippen LogP contribution >= 0.6 is 0 Å². The Labute approximate surface area is 139 Å². The minimum Gasteiger partial charge on any atom is -0.478 e. The number of benzene rings is 2. The van der Waals surface area contributed by atoms with Gasteiger partial charge in [-0.2, -0.15) is 0 Å². The minimum absolute atomic E-state index is 0.119. The summed E-state index contributed by atoms with van der Waals surface area (Å²) in [7, 11) is 0. The van der Waals surface area contributed by atoms with Gasteiger partial charge in [-0.1, -0.05) is 38.1 Å². The predicted molar refractivity (Wildman–Crippen MR) is 92.7 cm³/mol. The zero-order chi connectivity index (χ0) is 17.3. The second-order valence-corrected chi connectivity index (χ2v) is 6.13. The third-order valence-corrected chi connectivity index (χ3v) is 3.99. The molecule has 3 rings (SSSR count). The van der Waals surface area contributed by atoms with E-state index in [1.54, 1.807) is 0 Å². The lowest BCUT2D eigenvalue weighted by molar-refractivity contribution is 0.0697. The molecule has 5 nitrogen and oxygen atoms in total. The summed E-state index contributed by atoms with van der Waals surface area (Å²) in [6.07, 6.45) is 0.489. The molecule has 1 heterocycles. The first-order valence-corrected chi connectivity index (χ1v) is 7.79. The van der Waals surface area contributed by atoms with Crippen LogP contribution in [0.3, 0.4) is 0 Å². The van der Waals surface area contributed by atoms with Crippen molar-refractivity contribution in [2.24, 2.45) is 0 Å². The van der Waals surface area contributed by atoms with E-state index in [-0.39, 0.29) is 11.1 Å². The summed E-state index contributed by atoms with van der Waals surface area (Å²) in [4.78, 5) is 30.5. The monoisotopic (exact) mass is 322 g/mol. The molecule has 0 spiro atoms. The minimum atomic E-state index is -1.04. The first-order valence-electron chi connectivity index (χ1n) is 7.79. The lowest BCUT2D eigenvalue weighted by atomic mass is 9.99. The van der Waals surface area contributed by atoms with E-state index in [1.165, 1.54) is 23.8 Å². The highest BCUT2D eigenvalue weighted by Crippen LogP contribution is 2.17. The molecular formula is C19H18N2O3. The van der Waals surface area contributed by atoms with Crippen molar-refractivity contribution in [2.75, 3.05) is 0 Å². The van der Waals surface area contributed by atoms with E-state index in [2.05, 4.69) is 35.9 Å². The molecule has 0 aliphatic carbocycles. The average Bonchev–Trinajstić information content (AvgIpc) is 2.54. The van der Waals surface area contributed by atoms with Gasteiger partial charge in [-0.3, -0.25) is 4.79 Å². The number of aromatic nitrogens is 2. The number of nitrogens with one attached hydrogen (secondary N) is 1. The summed E-state index contributed by atoms with van der Waals surface area (Å²) in [6, 6.07) is 12.5. The van der Waals surface area contributed by atoms with Gasteiger partial charge in [-0.25, -0.2) is 9.78 Å². The highest BCUT2D eigenvalue weighted by molar-refractivity contribution is 5.92. The number of hydrogen-bond donors (Lipinski definition) is 2. The Kier molecular flexibility index (Phi) is 4.16. The zero-order valence-electron chi connectivity index (χ0n) is 13.5. The Morgan fingerprint density at radius 3 is 2.71 bits per heavy atom. The number of H-pyrrole nitrogens is 1. The van der Waals surface area contributed by atoms with Crippen LogP contribution in [0.15, 0.2) is 47.3 Å². The molecule has 0 aliphatic rings. The fourth-order valence-electron chi connectivity index (χ4n) is 2.66. The van der Waals surface area contributed by atoms with E-state index in [9.17, 15) is 9.59 Å². The first kappa shape index (κ1) is 15.9. The van der Waals surface area contributed by atoms with Crippen LogP contribution in [0.5, 0.6) is 0 Å². The van der Waals surface area contributed by atoms with Crippen molar-refractivity contribution in [3.63, 3.8) is 0 Å². The fourth-order valence-corrected chi connectivity index (χ4v) is 2.66. The molecular weight excluding hydrogens is 304 g/mol. The largest absolute Gasteiger partial charge is 0.478 e. The quantitative estimate of drug-likeness (QED) is 0.772. The number of rotatable bonds is 4. The third-order valence-electron chi connectivity index (χ3n) is 3.99. The van der Waals surface area contributed by atoms with Gasteiger partial charge in [0.2, 0.25) is 0 Å². The van der Waals surface area contributed by atoms with Crippen molar-refractivity contribution in [1.29, 1.82) is 0 Å². The van der Waals surface area contributed by atoms with Crippen molar-refractivity contribution in [3.05, 3.63) is 75.3 Å². The Balaban J connectivity index is 2.02. The lowest BCUT2D eigenvalue weighted by Gasteiger charge is -2.08. The summed E-state index contributed by atoms with van der Waals surface area (Å²) in [5, 5.41) is 9.48. The number of carboxylic acids is 1. The van der Waals surface area contributed by atoms with Crippen molar-refractivity contribution >= 4 is 16.9 Å². The molecule has 0 amide bonds. The SMILES string of the molecule is CC(C)c1cccc(Cc2nc3cc(C(=O)O)ccc3c(=O)[nH]2)c1. The van der Waals surface area contributed by atoms with E-state index in [1.807, 2.05) is 12.1 Å². The smallest absolute Gasteiger partial charge is 0.335 e.